The Labute approximate surface area is 220 Å². The van der Waals surface area contributed by atoms with E-state index in [0.717, 1.165) is 53.2 Å². The van der Waals surface area contributed by atoms with Gasteiger partial charge in [-0.3, -0.25) is 4.79 Å². The Kier molecular flexibility index (Phi) is 9.22. The van der Waals surface area contributed by atoms with E-state index >= 15 is 0 Å². The van der Waals surface area contributed by atoms with Crippen LogP contribution in [0.4, 0.5) is 4.79 Å². The predicted octanol–water partition coefficient (Wildman–Crippen LogP) is 5.30. The molecule has 2 N–H and O–H groups in total. The number of amides is 2. The van der Waals surface area contributed by atoms with Crippen LogP contribution in [0.1, 0.15) is 62.2 Å². The topological polar surface area (TPSA) is 101 Å². The number of carbonyl (C=O) groups is 2. The Bertz CT molecular complexity index is 1060. The van der Waals surface area contributed by atoms with Gasteiger partial charge in [0.1, 0.15) is 11.1 Å². The van der Waals surface area contributed by atoms with Crippen molar-refractivity contribution in [3.63, 3.8) is 0 Å². The van der Waals surface area contributed by atoms with Crippen LogP contribution in [-0.4, -0.2) is 65.5 Å². The molecule has 36 heavy (non-hydrogen) atoms. The maximum atomic E-state index is 13.7. The van der Waals surface area contributed by atoms with E-state index in [1.807, 2.05) is 36.1 Å². The minimum atomic E-state index is -1.03. The van der Waals surface area contributed by atoms with E-state index in [1.165, 1.54) is 0 Å². The van der Waals surface area contributed by atoms with Crippen LogP contribution in [0.5, 0.6) is 0 Å². The summed E-state index contributed by atoms with van der Waals surface area (Å²) >= 11 is 7.85. The monoisotopic (exact) mass is 535 g/mol. The number of ether oxygens (including phenoxy) is 2. The number of methoxy groups -OCH3 is 1. The third-order valence-electron chi connectivity index (χ3n) is 6.61. The largest absolute Gasteiger partial charge is 0.465 e. The smallest absolute Gasteiger partial charge is 0.404 e. The molecule has 1 saturated heterocycles. The zero-order valence-electron chi connectivity index (χ0n) is 20.7. The van der Waals surface area contributed by atoms with Crippen molar-refractivity contribution < 1.29 is 24.2 Å². The summed E-state index contributed by atoms with van der Waals surface area (Å²) in [5.41, 5.74) is 1.87. The van der Waals surface area contributed by atoms with E-state index in [-0.39, 0.29) is 24.1 Å². The van der Waals surface area contributed by atoms with Crippen molar-refractivity contribution in [1.82, 2.24) is 15.2 Å². The van der Waals surface area contributed by atoms with Gasteiger partial charge in [0.15, 0.2) is 0 Å². The second kappa shape index (κ2) is 12.4. The van der Waals surface area contributed by atoms with Crippen LogP contribution >= 0.6 is 22.9 Å². The van der Waals surface area contributed by atoms with Gasteiger partial charge in [0.25, 0.3) is 5.91 Å². The maximum Gasteiger partial charge on any atom is 0.404 e. The summed E-state index contributed by atoms with van der Waals surface area (Å²) < 4.78 is 11.4. The highest BCUT2D eigenvalue weighted by atomic mass is 35.5. The molecule has 10 heteroatoms. The number of hydrogen-bond donors (Lipinski definition) is 2. The van der Waals surface area contributed by atoms with Crippen molar-refractivity contribution in [1.29, 1.82) is 0 Å². The SMILES string of the molecule is COC[C@@H]1CCC[C@H](C(=O)N(C2CC2)[C@H](C)c2nc(CCCNC(=O)O)c(-c3cccc(Cl)c3)s2)O1. The first-order valence-electron chi connectivity index (χ1n) is 12.6. The van der Waals surface area contributed by atoms with Gasteiger partial charge in [-0.15, -0.1) is 11.3 Å². The lowest BCUT2D eigenvalue weighted by molar-refractivity contribution is -0.158. The average Bonchev–Trinajstić information content (AvgIpc) is 3.59. The average molecular weight is 536 g/mol. The van der Waals surface area contributed by atoms with Gasteiger partial charge in [-0.1, -0.05) is 23.7 Å². The van der Waals surface area contributed by atoms with E-state index in [0.29, 0.717) is 31.0 Å². The number of benzene rings is 1. The molecule has 2 amide bonds. The minimum absolute atomic E-state index is 0.0394. The van der Waals surface area contributed by atoms with Gasteiger partial charge in [-0.05, 0) is 69.6 Å². The van der Waals surface area contributed by atoms with Gasteiger partial charge in [0, 0.05) is 24.7 Å². The van der Waals surface area contributed by atoms with Gasteiger partial charge in [-0.25, -0.2) is 9.78 Å². The van der Waals surface area contributed by atoms with Crippen molar-refractivity contribution in [3.8, 4) is 10.4 Å². The molecule has 2 aliphatic rings. The molecule has 0 spiro atoms. The molecule has 8 nitrogen and oxygen atoms in total. The Morgan fingerprint density at radius 1 is 1.33 bits per heavy atom. The Morgan fingerprint density at radius 3 is 2.83 bits per heavy atom. The van der Waals surface area contributed by atoms with Crippen LogP contribution in [0.3, 0.4) is 0 Å². The van der Waals surface area contributed by atoms with Crippen LogP contribution in [0.15, 0.2) is 24.3 Å². The highest BCUT2D eigenvalue weighted by molar-refractivity contribution is 7.15. The first kappa shape index (κ1) is 26.9. The predicted molar refractivity (Wildman–Crippen MR) is 140 cm³/mol. The lowest BCUT2D eigenvalue weighted by Crippen LogP contribution is -2.46. The van der Waals surface area contributed by atoms with Crippen LogP contribution < -0.4 is 5.32 Å². The zero-order chi connectivity index (χ0) is 25.7. The van der Waals surface area contributed by atoms with Gasteiger partial charge in [0.05, 0.1) is 29.3 Å². The quantitative estimate of drug-likeness (QED) is 0.379. The summed E-state index contributed by atoms with van der Waals surface area (Å²) in [7, 11) is 1.66. The number of aryl methyl sites for hydroxylation is 1. The van der Waals surface area contributed by atoms with Gasteiger partial charge in [0.2, 0.25) is 0 Å². The molecule has 3 atom stereocenters. The lowest BCUT2D eigenvalue weighted by atomic mass is 10.0. The van der Waals surface area contributed by atoms with Crippen molar-refractivity contribution in [2.24, 2.45) is 0 Å². The van der Waals surface area contributed by atoms with Gasteiger partial charge < -0.3 is 24.8 Å². The number of halogens is 1. The summed E-state index contributed by atoms with van der Waals surface area (Å²) in [6.07, 6.45) is 4.28. The van der Waals surface area contributed by atoms with Crippen molar-refractivity contribution >= 4 is 34.9 Å². The number of hydrogen-bond acceptors (Lipinski definition) is 6. The van der Waals surface area contributed by atoms with Crippen LogP contribution in [0, 0.1) is 0 Å². The molecule has 2 heterocycles. The molecule has 0 radical (unpaired) electrons. The summed E-state index contributed by atoms with van der Waals surface area (Å²) in [6, 6.07) is 7.68. The van der Waals surface area contributed by atoms with E-state index < -0.39 is 12.2 Å². The fourth-order valence-electron chi connectivity index (χ4n) is 4.74. The molecular weight excluding hydrogens is 502 g/mol. The number of carbonyl (C=O) groups excluding carboxylic acids is 1. The van der Waals surface area contributed by atoms with E-state index in [4.69, 9.17) is 31.2 Å². The maximum absolute atomic E-state index is 13.7. The molecule has 196 valence electrons. The fourth-order valence-corrected chi connectivity index (χ4v) is 6.09. The number of nitrogens with zero attached hydrogens (tertiary/aromatic N) is 2. The molecule has 1 aliphatic carbocycles. The molecular formula is C26H34ClN3O5S. The molecule has 1 aromatic carbocycles. The first-order chi connectivity index (χ1) is 17.4. The van der Waals surface area contributed by atoms with Crippen molar-refractivity contribution in [2.75, 3.05) is 20.3 Å². The van der Waals surface area contributed by atoms with Crippen molar-refractivity contribution in [3.05, 3.63) is 40.0 Å². The molecule has 1 aromatic heterocycles. The highest BCUT2D eigenvalue weighted by Crippen LogP contribution is 2.41. The van der Waals surface area contributed by atoms with E-state index in [2.05, 4.69) is 5.32 Å². The Morgan fingerprint density at radius 2 is 2.14 bits per heavy atom. The fraction of sp³-hybridized carbons (Fsp3) is 0.577. The van der Waals surface area contributed by atoms with Gasteiger partial charge in [-0.2, -0.15) is 0 Å². The Hall–Kier alpha value is -2.20. The third-order valence-corrected chi connectivity index (χ3v) is 8.17. The summed E-state index contributed by atoms with van der Waals surface area (Å²) in [6.45, 7) is 2.89. The number of nitrogens with one attached hydrogen (secondary N) is 1. The second-order valence-electron chi connectivity index (χ2n) is 9.46. The molecule has 2 fully saturated rings. The minimum Gasteiger partial charge on any atom is -0.465 e. The third kappa shape index (κ3) is 6.76. The van der Waals surface area contributed by atoms with Crippen LogP contribution in [-0.2, 0) is 20.7 Å². The summed E-state index contributed by atoms with van der Waals surface area (Å²) in [5.74, 6) is 0.0394. The Balaban J connectivity index is 1.57. The first-order valence-corrected chi connectivity index (χ1v) is 13.8. The number of aromatic nitrogens is 1. The molecule has 4 rings (SSSR count). The zero-order valence-corrected chi connectivity index (χ0v) is 22.3. The van der Waals surface area contributed by atoms with Crippen LogP contribution in [0.25, 0.3) is 10.4 Å². The normalized spacial score (nSPS) is 20.6. The summed E-state index contributed by atoms with van der Waals surface area (Å²) in [5, 5.41) is 12.8. The van der Waals surface area contributed by atoms with Crippen LogP contribution in [0.2, 0.25) is 5.02 Å². The molecule has 0 unspecified atom stereocenters. The second-order valence-corrected chi connectivity index (χ2v) is 10.9. The number of thiazole rings is 1. The number of rotatable bonds is 11. The van der Waals surface area contributed by atoms with Crippen molar-refractivity contribution in [2.45, 2.75) is 76.2 Å². The summed E-state index contributed by atoms with van der Waals surface area (Å²) in [4.78, 5) is 32.5. The van der Waals surface area contributed by atoms with E-state index in [1.54, 1.807) is 18.4 Å². The highest BCUT2D eigenvalue weighted by Gasteiger charge is 2.42. The standard InChI is InChI=1S/C26H34ClN3O5S/c1-16(30(19-11-12-19)25(31)22-10-4-8-20(35-22)15-34-2)24-29-21(9-5-13-28-26(32)33)23(36-24)17-6-3-7-18(27)14-17/h3,6-7,14,16,19-20,22,28H,4-5,8-13,15H2,1-2H3,(H,32,33)/t16-,20+,22-/m1/s1. The molecule has 2 aromatic rings. The molecule has 1 aliphatic heterocycles. The lowest BCUT2D eigenvalue weighted by Gasteiger charge is -2.35. The van der Waals surface area contributed by atoms with E-state index in [9.17, 15) is 9.59 Å². The number of carboxylic acid groups (broad SMARTS) is 1. The molecule has 0 bridgehead atoms. The van der Waals surface area contributed by atoms with Gasteiger partial charge >= 0.3 is 6.09 Å². The molecule has 1 saturated carbocycles.